The van der Waals surface area contributed by atoms with Crippen LogP contribution < -0.4 is 5.69 Å². The third kappa shape index (κ3) is 1.61. The van der Waals surface area contributed by atoms with Crippen LogP contribution in [0.5, 0.6) is 0 Å². The standard InChI is InChI=1S/C11H10N2O2/c1-12-5-6-13(11(12)15)10-4-2-3-9(7-10)8-14/h2-8H,1H3. The van der Waals surface area contributed by atoms with Crippen molar-refractivity contribution in [1.29, 1.82) is 0 Å². The van der Waals surface area contributed by atoms with Gasteiger partial charge in [-0.25, -0.2) is 4.79 Å². The minimum atomic E-state index is -0.127. The van der Waals surface area contributed by atoms with E-state index in [9.17, 15) is 9.59 Å². The van der Waals surface area contributed by atoms with Crippen molar-refractivity contribution in [2.45, 2.75) is 0 Å². The third-order valence-electron chi connectivity index (χ3n) is 2.23. The maximum Gasteiger partial charge on any atom is 0.332 e. The molecule has 15 heavy (non-hydrogen) atoms. The first-order valence-corrected chi connectivity index (χ1v) is 4.52. The zero-order valence-electron chi connectivity index (χ0n) is 8.25. The second-order valence-corrected chi connectivity index (χ2v) is 3.27. The first-order valence-electron chi connectivity index (χ1n) is 4.52. The van der Waals surface area contributed by atoms with Crippen molar-refractivity contribution in [2.24, 2.45) is 7.05 Å². The fraction of sp³-hybridized carbons (Fsp3) is 0.0909. The zero-order chi connectivity index (χ0) is 10.8. The maximum atomic E-state index is 11.6. The molecule has 0 aliphatic carbocycles. The predicted octanol–water partition coefficient (Wildman–Crippen LogP) is 0.988. The molecule has 0 aliphatic rings. The van der Waals surface area contributed by atoms with Gasteiger partial charge < -0.3 is 4.57 Å². The lowest BCUT2D eigenvalue weighted by molar-refractivity contribution is 0.112. The van der Waals surface area contributed by atoms with Crippen LogP contribution in [0.4, 0.5) is 0 Å². The van der Waals surface area contributed by atoms with Crippen molar-refractivity contribution in [3.05, 3.63) is 52.7 Å². The summed E-state index contributed by atoms with van der Waals surface area (Å²) in [6.07, 6.45) is 4.11. The van der Waals surface area contributed by atoms with Gasteiger partial charge in [0.25, 0.3) is 0 Å². The van der Waals surface area contributed by atoms with Crippen LogP contribution in [0.2, 0.25) is 0 Å². The van der Waals surface area contributed by atoms with Crippen molar-refractivity contribution in [1.82, 2.24) is 9.13 Å². The van der Waals surface area contributed by atoms with Crippen molar-refractivity contribution >= 4 is 6.29 Å². The normalized spacial score (nSPS) is 10.2. The number of hydrogen-bond acceptors (Lipinski definition) is 2. The van der Waals surface area contributed by atoms with E-state index in [4.69, 9.17) is 0 Å². The highest BCUT2D eigenvalue weighted by molar-refractivity contribution is 5.75. The van der Waals surface area contributed by atoms with E-state index in [1.165, 1.54) is 9.13 Å². The van der Waals surface area contributed by atoms with Gasteiger partial charge in [0.2, 0.25) is 0 Å². The largest absolute Gasteiger partial charge is 0.332 e. The Bertz CT molecular complexity index is 552. The van der Waals surface area contributed by atoms with Gasteiger partial charge in [-0.1, -0.05) is 12.1 Å². The number of benzene rings is 1. The Morgan fingerprint density at radius 2 is 2.07 bits per heavy atom. The van der Waals surface area contributed by atoms with Crippen LogP contribution in [-0.4, -0.2) is 15.4 Å². The molecule has 0 aliphatic heterocycles. The van der Waals surface area contributed by atoms with Crippen LogP contribution in [0.3, 0.4) is 0 Å². The van der Waals surface area contributed by atoms with E-state index >= 15 is 0 Å². The summed E-state index contributed by atoms with van der Waals surface area (Å²) < 4.78 is 2.97. The van der Waals surface area contributed by atoms with Gasteiger partial charge in [-0.15, -0.1) is 0 Å². The van der Waals surface area contributed by atoms with Crippen LogP contribution in [0.25, 0.3) is 5.69 Å². The van der Waals surface area contributed by atoms with Gasteiger partial charge in [0.15, 0.2) is 0 Å². The summed E-state index contributed by atoms with van der Waals surface area (Å²) in [5.41, 5.74) is 1.13. The Kier molecular flexibility index (Phi) is 2.25. The monoisotopic (exact) mass is 202 g/mol. The van der Waals surface area contributed by atoms with Crippen LogP contribution in [0, 0.1) is 0 Å². The molecule has 0 fully saturated rings. The van der Waals surface area contributed by atoms with Crippen molar-refractivity contribution in [3.8, 4) is 5.69 Å². The number of aldehydes is 1. The minimum absolute atomic E-state index is 0.127. The average Bonchev–Trinajstić information content (AvgIpc) is 2.60. The number of imidazole rings is 1. The summed E-state index contributed by atoms with van der Waals surface area (Å²) in [5, 5.41) is 0. The fourth-order valence-electron chi connectivity index (χ4n) is 1.41. The predicted molar refractivity (Wildman–Crippen MR) is 56.4 cm³/mol. The van der Waals surface area contributed by atoms with Crippen LogP contribution in [0.1, 0.15) is 10.4 Å². The molecule has 1 aromatic carbocycles. The summed E-state index contributed by atoms with van der Waals surface area (Å²) in [6.45, 7) is 0. The Morgan fingerprint density at radius 1 is 1.27 bits per heavy atom. The van der Waals surface area contributed by atoms with E-state index in [2.05, 4.69) is 0 Å². The second kappa shape index (κ2) is 3.57. The molecule has 1 heterocycles. The van der Waals surface area contributed by atoms with Gasteiger partial charge in [0, 0.05) is 25.0 Å². The lowest BCUT2D eigenvalue weighted by Crippen LogP contribution is -2.20. The number of carbonyl (C=O) groups excluding carboxylic acids is 1. The summed E-state index contributed by atoms with van der Waals surface area (Å²) in [7, 11) is 1.68. The van der Waals surface area contributed by atoms with Crippen LogP contribution >= 0.6 is 0 Å². The van der Waals surface area contributed by atoms with E-state index in [-0.39, 0.29) is 5.69 Å². The minimum Gasteiger partial charge on any atom is -0.302 e. The molecule has 76 valence electrons. The maximum absolute atomic E-state index is 11.6. The molecule has 2 aromatic rings. The van der Waals surface area contributed by atoms with Crippen LogP contribution in [-0.2, 0) is 7.05 Å². The molecule has 4 heteroatoms. The highest BCUT2D eigenvalue weighted by Gasteiger charge is 2.02. The van der Waals surface area contributed by atoms with Crippen molar-refractivity contribution < 1.29 is 4.79 Å². The van der Waals surface area contributed by atoms with Gasteiger partial charge >= 0.3 is 5.69 Å². The molecule has 0 N–H and O–H groups in total. The van der Waals surface area contributed by atoms with Crippen LogP contribution in [0.15, 0.2) is 41.5 Å². The highest BCUT2D eigenvalue weighted by Crippen LogP contribution is 2.06. The van der Waals surface area contributed by atoms with E-state index in [0.717, 1.165) is 6.29 Å². The molecule has 0 bridgehead atoms. The molecular formula is C11H10N2O2. The summed E-state index contributed by atoms with van der Waals surface area (Å²) >= 11 is 0. The summed E-state index contributed by atoms with van der Waals surface area (Å²) in [6, 6.07) is 6.91. The number of nitrogens with zero attached hydrogens (tertiary/aromatic N) is 2. The van der Waals surface area contributed by atoms with Gasteiger partial charge in [-0.05, 0) is 12.1 Å². The topological polar surface area (TPSA) is 44.0 Å². The number of aromatic nitrogens is 2. The smallest absolute Gasteiger partial charge is 0.302 e. The molecule has 0 amide bonds. The Labute approximate surface area is 86.4 Å². The fourth-order valence-corrected chi connectivity index (χ4v) is 1.41. The molecule has 0 saturated carbocycles. The summed E-state index contributed by atoms with van der Waals surface area (Å²) in [5.74, 6) is 0. The lowest BCUT2D eigenvalue weighted by Gasteiger charge is -2.00. The molecule has 0 spiro atoms. The molecule has 1 aromatic heterocycles. The summed E-state index contributed by atoms with van der Waals surface area (Å²) in [4.78, 5) is 22.2. The molecule has 0 radical (unpaired) electrons. The third-order valence-corrected chi connectivity index (χ3v) is 2.23. The highest BCUT2D eigenvalue weighted by atomic mass is 16.1. The number of aryl methyl sites for hydroxylation is 1. The van der Waals surface area contributed by atoms with Gasteiger partial charge in [0.1, 0.15) is 6.29 Å². The van der Waals surface area contributed by atoms with Crippen molar-refractivity contribution in [2.75, 3.05) is 0 Å². The molecule has 0 atom stereocenters. The van der Waals surface area contributed by atoms with E-state index in [1.54, 1.807) is 43.7 Å². The second-order valence-electron chi connectivity index (χ2n) is 3.27. The molecular weight excluding hydrogens is 192 g/mol. The molecule has 0 saturated heterocycles. The lowest BCUT2D eigenvalue weighted by atomic mass is 10.2. The Hall–Kier alpha value is -2.10. The van der Waals surface area contributed by atoms with Gasteiger partial charge in [0.05, 0.1) is 5.69 Å². The SMILES string of the molecule is Cn1ccn(-c2cccc(C=O)c2)c1=O. The Morgan fingerprint density at radius 3 is 2.67 bits per heavy atom. The molecule has 4 nitrogen and oxygen atoms in total. The van der Waals surface area contributed by atoms with E-state index in [1.807, 2.05) is 0 Å². The van der Waals surface area contributed by atoms with Gasteiger partial charge in [-0.2, -0.15) is 0 Å². The van der Waals surface area contributed by atoms with Crippen molar-refractivity contribution in [3.63, 3.8) is 0 Å². The average molecular weight is 202 g/mol. The number of hydrogen-bond donors (Lipinski definition) is 0. The van der Waals surface area contributed by atoms with E-state index < -0.39 is 0 Å². The Balaban J connectivity index is 2.59. The first kappa shape index (κ1) is 9.45. The number of rotatable bonds is 2. The molecule has 2 rings (SSSR count). The zero-order valence-corrected chi connectivity index (χ0v) is 8.25. The first-order chi connectivity index (χ1) is 7.22. The van der Waals surface area contributed by atoms with E-state index in [0.29, 0.717) is 11.3 Å². The van der Waals surface area contributed by atoms with Gasteiger partial charge in [-0.3, -0.25) is 9.36 Å². The molecule has 0 unspecified atom stereocenters. The quantitative estimate of drug-likeness (QED) is 0.681. The number of carbonyl (C=O) groups is 1.